The third-order valence-electron chi connectivity index (χ3n) is 2.30. The number of rotatable bonds is 2. The van der Waals surface area contributed by atoms with Crippen LogP contribution in [0.2, 0.25) is 0 Å². The maximum Gasteiger partial charge on any atom is 1.00 e. The summed E-state index contributed by atoms with van der Waals surface area (Å²) in [4.78, 5) is 0. The Kier molecular flexibility index (Phi) is 13.3. The molecule has 0 aromatic heterocycles. The van der Waals surface area contributed by atoms with Gasteiger partial charge in [0.25, 0.3) is 0 Å². The first kappa shape index (κ1) is 15.1. The van der Waals surface area contributed by atoms with Crippen molar-refractivity contribution in [1.29, 1.82) is 0 Å². The molecule has 2 N–H and O–H groups in total. The van der Waals surface area contributed by atoms with Gasteiger partial charge in [-0.25, -0.2) is 0 Å². The quantitative estimate of drug-likeness (QED) is 0.445. The smallest absolute Gasteiger partial charge is 0.358 e. The van der Waals surface area contributed by atoms with E-state index in [4.69, 9.17) is 5.73 Å². The van der Waals surface area contributed by atoms with Gasteiger partial charge in [0.05, 0.1) is 0 Å². The zero-order chi connectivity index (χ0) is 6.53. The Morgan fingerprint density at radius 3 is 2.09 bits per heavy atom. The van der Waals surface area contributed by atoms with Crippen molar-refractivity contribution in [3.05, 3.63) is 7.43 Å². The Bertz CT molecular complexity index is 67.2. The van der Waals surface area contributed by atoms with Gasteiger partial charge in [-0.05, 0) is 18.9 Å². The van der Waals surface area contributed by atoms with Gasteiger partial charge in [-0.15, -0.1) is 0 Å². The normalized spacial score (nSPS) is 18.3. The molecule has 0 aromatic rings. The monoisotopic (exact) mass is 181 g/mol. The van der Waals surface area contributed by atoms with Crippen molar-refractivity contribution in [3.63, 3.8) is 0 Å². The Morgan fingerprint density at radius 2 is 1.64 bits per heavy atom. The van der Waals surface area contributed by atoms with Crippen LogP contribution in [0.25, 0.3) is 0 Å². The largest absolute Gasteiger partial charge is 1.00 e. The topological polar surface area (TPSA) is 26.0 Å². The molecule has 1 saturated carbocycles. The van der Waals surface area contributed by atoms with Gasteiger partial charge in [-0.1, -0.05) is 32.1 Å². The van der Waals surface area contributed by atoms with Crippen molar-refractivity contribution in [1.82, 2.24) is 0 Å². The van der Waals surface area contributed by atoms with Crippen molar-refractivity contribution in [2.45, 2.75) is 38.5 Å². The molecule has 0 saturated heterocycles. The number of hydrogen-bond donors (Lipinski definition) is 1. The van der Waals surface area contributed by atoms with E-state index in [1.165, 1.54) is 38.5 Å². The summed E-state index contributed by atoms with van der Waals surface area (Å²) in [5.41, 5.74) is 5.46. The predicted molar refractivity (Wildman–Crippen MR) is 46.7 cm³/mol. The average Bonchev–Trinajstić information content (AvgIpc) is 1.91. The summed E-state index contributed by atoms with van der Waals surface area (Å²) >= 11 is 0. The van der Waals surface area contributed by atoms with Crippen molar-refractivity contribution >= 4 is 0 Å². The van der Waals surface area contributed by atoms with E-state index in [-0.39, 0.29) is 58.8 Å². The van der Waals surface area contributed by atoms with Gasteiger partial charge in [-0.3, -0.25) is 0 Å². The van der Waals surface area contributed by atoms with Crippen molar-refractivity contribution in [2.24, 2.45) is 11.7 Å². The molecule has 0 radical (unpaired) electrons. The standard InChI is InChI=1S/C8H17N.CH3.K/c9-7-6-8-4-2-1-3-5-8;;/h8H,1-7,9H2;1H3;/q;-1;+1. The molecule has 1 nitrogen and oxygen atoms in total. The van der Waals surface area contributed by atoms with Crippen LogP contribution in [-0.2, 0) is 0 Å². The second kappa shape index (κ2) is 9.68. The molecule has 1 aliphatic carbocycles. The van der Waals surface area contributed by atoms with Crippen LogP contribution in [0.3, 0.4) is 0 Å². The van der Waals surface area contributed by atoms with E-state index < -0.39 is 0 Å². The number of hydrogen-bond acceptors (Lipinski definition) is 1. The van der Waals surface area contributed by atoms with Crippen LogP contribution in [0.15, 0.2) is 0 Å². The van der Waals surface area contributed by atoms with E-state index in [1.807, 2.05) is 0 Å². The minimum Gasteiger partial charge on any atom is -0.358 e. The fourth-order valence-electron chi connectivity index (χ4n) is 1.71. The summed E-state index contributed by atoms with van der Waals surface area (Å²) in [6, 6.07) is 0. The molecular weight excluding hydrogens is 161 g/mol. The summed E-state index contributed by atoms with van der Waals surface area (Å²) in [6.45, 7) is 0.894. The minimum atomic E-state index is 0. The summed E-state index contributed by atoms with van der Waals surface area (Å²) in [5.74, 6) is 0.976. The van der Waals surface area contributed by atoms with Gasteiger partial charge in [0.2, 0.25) is 0 Å². The molecule has 0 spiro atoms. The van der Waals surface area contributed by atoms with Crippen LogP contribution in [0.5, 0.6) is 0 Å². The van der Waals surface area contributed by atoms with E-state index in [0.717, 1.165) is 12.5 Å². The first-order valence-corrected chi connectivity index (χ1v) is 4.13. The second-order valence-corrected chi connectivity index (χ2v) is 3.08. The summed E-state index contributed by atoms with van der Waals surface area (Å²) in [5, 5.41) is 0. The SMILES string of the molecule is NCCC1CCCCC1.[CH3-].[K+]. The maximum absolute atomic E-state index is 5.46. The molecule has 0 aliphatic heterocycles. The van der Waals surface area contributed by atoms with Crippen molar-refractivity contribution in [3.8, 4) is 0 Å². The third-order valence-corrected chi connectivity index (χ3v) is 2.30. The average molecular weight is 181 g/mol. The van der Waals surface area contributed by atoms with Crippen LogP contribution < -0.4 is 57.1 Å². The van der Waals surface area contributed by atoms with Crippen LogP contribution >= 0.6 is 0 Å². The fraction of sp³-hybridized carbons (Fsp3) is 0.889. The van der Waals surface area contributed by atoms with Gasteiger partial charge in [-0.2, -0.15) is 0 Å². The Morgan fingerprint density at radius 1 is 1.09 bits per heavy atom. The maximum atomic E-state index is 5.46. The van der Waals surface area contributed by atoms with Crippen LogP contribution in [0.4, 0.5) is 0 Å². The van der Waals surface area contributed by atoms with Crippen molar-refractivity contribution in [2.75, 3.05) is 6.54 Å². The van der Waals surface area contributed by atoms with Crippen LogP contribution in [0, 0.1) is 13.3 Å². The van der Waals surface area contributed by atoms with Gasteiger partial charge in [0.15, 0.2) is 0 Å². The Balaban J connectivity index is 0. The first-order chi connectivity index (χ1) is 4.43. The predicted octanol–water partition coefficient (Wildman–Crippen LogP) is -0.630. The molecular formula is C9H20KN. The molecule has 0 atom stereocenters. The molecule has 0 amide bonds. The summed E-state index contributed by atoms with van der Waals surface area (Å²) in [7, 11) is 0. The molecule has 2 heteroatoms. The van der Waals surface area contributed by atoms with Crippen LogP contribution in [0.1, 0.15) is 38.5 Å². The molecule has 0 bridgehead atoms. The first-order valence-electron chi connectivity index (χ1n) is 4.13. The Labute approximate surface area is 114 Å². The van der Waals surface area contributed by atoms with E-state index >= 15 is 0 Å². The molecule has 1 fully saturated rings. The van der Waals surface area contributed by atoms with Gasteiger partial charge in [0, 0.05) is 0 Å². The third kappa shape index (κ3) is 6.73. The van der Waals surface area contributed by atoms with Crippen molar-refractivity contribution < 1.29 is 51.4 Å². The molecule has 1 rings (SSSR count). The van der Waals surface area contributed by atoms with Gasteiger partial charge < -0.3 is 13.2 Å². The van der Waals surface area contributed by atoms with E-state index in [9.17, 15) is 0 Å². The minimum absolute atomic E-state index is 0. The molecule has 1 aliphatic rings. The zero-order valence-electron chi connectivity index (χ0n) is 8.10. The Hall–Kier alpha value is 1.60. The molecule has 62 valence electrons. The summed E-state index contributed by atoms with van der Waals surface area (Å²) in [6.07, 6.45) is 8.50. The zero-order valence-corrected chi connectivity index (χ0v) is 11.2. The molecule has 0 heterocycles. The van der Waals surface area contributed by atoms with Gasteiger partial charge in [0.1, 0.15) is 0 Å². The van der Waals surface area contributed by atoms with Crippen LogP contribution in [-0.4, -0.2) is 6.54 Å². The second-order valence-electron chi connectivity index (χ2n) is 3.08. The molecule has 0 unspecified atom stereocenters. The van der Waals surface area contributed by atoms with E-state index in [0.29, 0.717) is 0 Å². The number of nitrogens with two attached hydrogens (primary N) is 1. The fourth-order valence-corrected chi connectivity index (χ4v) is 1.71. The van der Waals surface area contributed by atoms with E-state index in [1.54, 1.807) is 0 Å². The summed E-state index contributed by atoms with van der Waals surface area (Å²) < 4.78 is 0. The molecule has 0 aromatic carbocycles. The molecule has 11 heavy (non-hydrogen) atoms. The van der Waals surface area contributed by atoms with Gasteiger partial charge >= 0.3 is 51.4 Å². The van der Waals surface area contributed by atoms with E-state index in [2.05, 4.69) is 0 Å².